The fourth-order valence-corrected chi connectivity index (χ4v) is 3.26. The molecule has 2 aliphatic heterocycles. The summed E-state index contributed by atoms with van der Waals surface area (Å²) in [6, 6.07) is 0.351. The van der Waals surface area contributed by atoms with Crippen molar-refractivity contribution in [1.82, 2.24) is 10.2 Å². The molecule has 2 aliphatic rings. The van der Waals surface area contributed by atoms with Gasteiger partial charge in [-0.2, -0.15) is 0 Å². The van der Waals surface area contributed by atoms with Gasteiger partial charge in [-0.25, -0.2) is 0 Å². The predicted molar refractivity (Wildman–Crippen MR) is 80.6 cm³/mol. The molecule has 20 heavy (non-hydrogen) atoms. The highest BCUT2D eigenvalue weighted by Crippen LogP contribution is 2.21. The van der Waals surface area contributed by atoms with Crippen molar-refractivity contribution < 1.29 is 9.53 Å². The molecule has 0 bridgehead atoms. The van der Waals surface area contributed by atoms with Crippen LogP contribution in [0.5, 0.6) is 0 Å². The molecular weight excluding hydrogens is 252 g/mol. The summed E-state index contributed by atoms with van der Waals surface area (Å²) < 4.78 is 5.79. The Kier molecular flexibility index (Phi) is 5.85. The van der Waals surface area contributed by atoms with Gasteiger partial charge in [0.2, 0.25) is 5.91 Å². The Hall–Kier alpha value is -0.610. The molecule has 0 saturated carbocycles. The first-order valence-corrected chi connectivity index (χ1v) is 8.24. The average Bonchev–Trinajstić information content (AvgIpc) is 2.47. The van der Waals surface area contributed by atoms with Crippen LogP contribution in [0.3, 0.4) is 0 Å². The van der Waals surface area contributed by atoms with Crippen LogP contribution >= 0.6 is 0 Å². The zero-order chi connectivity index (χ0) is 14.5. The molecule has 116 valence electrons. The van der Waals surface area contributed by atoms with Crippen LogP contribution in [-0.2, 0) is 9.53 Å². The van der Waals surface area contributed by atoms with E-state index >= 15 is 0 Å². The molecule has 0 aromatic carbocycles. The third-order valence-corrected chi connectivity index (χ3v) is 4.58. The standard InChI is InChI=1S/C16H30N2O2/c1-12(2)15-11-14(7-10-20-15)17-13(3)16(19)18-8-5-4-6-9-18/h12-15,17H,4-11H2,1-3H3. The SMILES string of the molecule is CC(NC1CCOC(C(C)C)C1)C(=O)N1CCCCC1. The van der Waals surface area contributed by atoms with E-state index in [1.165, 1.54) is 6.42 Å². The van der Waals surface area contributed by atoms with E-state index in [0.717, 1.165) is 45.4 Å². The molecule has 1 N–H and O–H groups in total. The van der Waals surface area contributed by atoms with Crippen LogP contribution in [0.25, 0.3) is 0 Å². The summed E-state index contributed by atoms with van der Waals surface area (Å²) in [7, 11) is 0. The minimum absolute atomic E-state index is 0.0657. The van der Waals surface area contributed by atoms with Crippen LogP contribution in [0.4, 0.5) is 0 Å². The summed E-state index contributed by atoms with van der Waals surface area (Å²) in [6.07, 6.45) is 5.95. The summed E-state index contributed by atoms with van der Waals surface area (Å²) in [5.74, 6) is 0.824. The Labute approximate surface area is 123 Å². The third-order valence-electron chi connectivity index (χ3n) is 4.58. The molecule has 0 aromatic heterocycles. The molecule has 2 heterocycles. The van der Waals surface area contributed by atoms with E-state index < -0.39 is 0 Å². The van der Waals surface area contributed by atoms with Gasteiger partial charge in [-0.15, -0.1) is 0 Å². The fraction of sp³-hybridized carbons (Fsp3) is 0.938. The van der Waals surface area contributed by atoms with E-state index in [0.29, 0.717) is 18.1 Å². The largest absolute Gasteiger partial charge is 0.378 e. The second kappa shape index (κ2) is 7.41. The second-order valence-corrected chi connectivity index (χ2v) is 6.65. The van der Waals surface area contributed by atoms with Gasteiger partial charge in [0.1, 0.15) is 0 Å². The van der Waals surface area contributed by atoms with Gasteiger partial charge < -0.3 is 15.0 Å². The van der Waals surface area contributed by atoms with E-state index in [9.17, 15) is 4.79 Å². The van der Waals surface area contributed by atoms with Gasteiger partial charge in [0.25, 0.3) is 0 Å². The molecule has 3 unspecified atom stereocenters. The highest BCUT2D eigenvalue weighted by atomic mass is 16.5. The van der Waals surface area contributed by atoms with Crippen LogP contribution in [-0.4, -0.2) is 48.7 Å². The maximum atomic E-state index is 12.4. The first-order chi connectivity index (χ1) is 9.58. The van der Waals surface area contributed by atoms with Crippen molar-refractivity contribution in [1.29, 1.82) is 0 Å². The number of carbonyl (C=O) groups is 1. The number of ether oxygens (including phenoxy) is 1. The fourth-order valence-electron chi connectivity index (χ4n) is 3.26. The Morgan fingerprint density at radius 1 is 1.20 bits per heavy atom. The smallest absolute Gasteiger partial charge is 0.239 e. The number of likely N-dealkylation sites (tertiary alicyclic amines) is 1. The minimum atomic E-state index is -0.0657. The Morgan fingerprint density at radius 2 is 1.90 bits per heavy atom. The average molecular weight is 282 g/mol. The molecule has 2 saturated heterocycles. The number of amides is 1. The Bertz CT molecular complexity index is 314. The van der Waals surface area contributed by atoms with Gasteiger partial charge >= 0.3 is 0 Å². The van der Waals surface area contributed by atoms with Crippen LogP contribution in [0.2, 0.25) is 0 Å². The lowest BCUT2D eigenvalue weighted by Crippen LogP contribution is -2.52. The van der Waals surface area contributed by atoms with E-state index in [-0.39, 0.29) is 11.9 Å². The number of nitrogens with one attached hydrogen (secondary N) is 1. The zero-order valence-electron chi connectivity index (χ0n) is 13.2. The molecule has 3 atom stereocenters. The monoisotopic (exact) mass is 282 g/mol. The lowest BCUT2D eigenvalue weighted by atomic mass is 9.95. The number of hydrogen-bond acceptors (Lipinski definition) is 3. The quantitative estimate of drug-likeness (QED) is 0.859. The maximum absolute atomic E-state index is 12.4. The van der Waals surface area contributed by atoms with Gasteiger partial charge in [0.05, 0.1) is 12.1 Å². The first kappa shape index (κ1) is 15.8. The number of piperidine rings is 1. The van der Waals surface area contributed by atoms with Crippen molar-refractivity contribution in [2.45, 2.75) is 71.1 Å². The van der Waals surface area contributed by atoms with Gasteiger partial charge in [0.15, 0.2) is 0 Å². The highest BCUT2D eigenvalue weighted by Gasteiger charge is 2.28. The topological polar surface area (TPSA) is 41.6 Å². The second-order valence-electron chi connectivity index (χ2n) is 6.65. The van der Waals surface area contributed by atoms with Gasteiger partial charge in [-0.1, -0.05) is 13.8 Å². The third kappa shape index (κ3) is 4.19. The van der Waals surface area contributed by atoms with Crippen molar-refractivity contribution in [3.05, 3.63) is 0 Å². The molecule has 2 rings (SSSR count). The van der Waals surface area contributed by atoms with Crippen molar-refractivity contribution in [3.8, 4) is 0 Å². The van der Waals surface area contributed by atoms with Crippen molar-refractivity contribution in [2.75, 3.05) is 19.7 Å². The normalized spacial score (nSPS) is 29.5. The van der Waals surface area contributed by atoms with E-state index in [2.05, 4.69) is 19.2 Å². The maximum Gasteiger partial charge on any atom is 0.239 e. The van der Waals surface area contributed by atoms with Gasteiger partial charge in [0, 0.05) is 25.7 Å². The van der Waals surface area contributed by atoms with E-state index in [1.807, 2.05) is 11.8 Å². The number of hydrogen-bond donors (Lipinski definition) is 1. The van der Waals surface area contributed by atoms with Gasteiger partial charge in [-0.3, -0.25) is 4.79 Å². The summed E-state index contributed by atoms with van der Waals surface area (Å²) in [4.78, 5) is 14.4. The van der Waals surface area contributed by atoms with Gasteiger partial charge in [-0.05, 0) is 44.9 Å². The first-order valence-electron chi connectivity index (χ1n) is 8.24. The molecule has 2 fully saturated rings. The van der Waals surface area contributed by atoms with E-state index in [4.69, 9.17) is 4.74 Å². The molecule has 1 amide bonds. The van der Waals surface area contributed by atoms with Crippen LogP contribution < -0.4 is 5.32 Å². The number of rotatable bonds is 4. The summed E-state index contributed by atoms with van der Waals surface area (Å²) in [5, 5.41) is 3.53. The number of nitrogens with zero attached hydrogens (tertiary/aromatic N) is 1. The molecule has 0 aromatic rings. The summed E-state index contributed by atoms with van der Waals surface area (Å²) >= 11 is 0. The Morgan fingerprint density at radius 3 is 2.55 bits per heavy atom. The predicted octanol–water partition coefficient (Wildman–Crippen LogP) is 2.18. The van der Waals surface area contributed by atoms with E-state index in [1.54, 1.807) is 0 Å². The molecule has 4 nitrogen and oxygen atoms in total. The molecule has 4 heteroatoms. The zero-order valence-corrected chi connectivity index (χ0v) is 13.2. The molecule has 0 spiro atoms. The molecule has 0 aliphatic carbocycles. The van der Waals surface area contributed by atoms with Crippen molar-refractivity contribution >= 4 is 5.91 Å². The summed E-state index contributed by atoms with van der Waals surface area (Å²) in [5.41, 5.74) is 0. The van der Waals surface area contributed by atoms with Crippen LogP contribution in [0.15, 0.2) is 0 Å². The van der Waals surface area contributed by atoms with Crippen LogP contribution in [0.1, 0.15) is 52.9 Å². The molecular formula is C16H30N2O2. The Balaban J connectivity index is 1.80. The van der Waals surface area contributed by atoms with Crippen molar-refractivity contribution in [2.24, 2.45) is 5.92 Å². The van der Waals surface area contributed by atoms with Crippen molar-refractivity contribution in [3.63, 3.8) is 0 Å². The summed E-state index contributed by atoms with van der Waals surface area (Å²) in [6.45, 7) is 9.10. The lowest BCUT2D eigenvalue weighted by Gasteiger charge is -2.35. The minimum Gasteiger partial charge on any atom is -0.378 e. The molecule has 0 radical (unpaired) electrons. The van der Waals surface area contributed by atoms with Crippen LogP contribution in [0, 0.1) is 5.92 Å². The highest BCUT2D eigenvalue weighted by molar-refractivity contribution is 5.81. The number of carbonyl (C=O) groups excluding carboxylic acids is 1. The lowest BCUT2D eigenvalue weighted by molar-refractivity contribution is -0.134.